The van der Waals surface area contributed by atoms with E-state index in [1.54, 1.807) is 0 Å². The van der Waals surface area contributed by atoms with Crippen LogP contribution in [0.2, 0.25) is 0 Å². The summed E-state index contributed by atoms with van der Waals surface area (Å²) in [5.41, 5.74) is 2.66. The van der Waals surface area contributed by atoms with Gasteiger partial charge in [-0.25, -0.2) is 0 Å². The van der Waals surface area contributed by atoms with Crippen LogP contribution in [0.4, 0.5) is 0 Å². The Morgan fingerprint density at radius 2 is 2.04 bits per heavy atom. The van der Waals surface area contributed by atoms with E-state index < -0.39 is 5.97 Å². The third-order valence-corrected chi connectivity index (χ3v) is 4.42. The van der Waals surface area contributed by atoms with Crippen molar-refractivity contribution in [2.75, 3.05) is 5.75 Å². The average Bonchev–Trinajstić information content (AvgIpc) is 3.19. The molecule has 0 atom stereocenters. The van der Waals surface area contributed by atoms with E-state index in [2.05, 4.69) is 15.3 Å². The second-order valence-electron chi connectivity index (χ2n) is 5.17. The molecule has 124 valence electrons. The van der Waals surface area contributed by atoms with Crippen molar-refractivity contribution in [1.29, 1.82) is 0 Å². The van der Waals surface area contributed by atoms with Crippen LogP contribution in [0.5, 0.6) is 0 Å². The number of aromatic nitrogens is 5. The highest BCUT2D eigenvalue weighted by molar-refractivity contribution is 7.99. The van der Waals surface area contributed by atoms with Gasteiger partial charge in [-0.3, -0.25) is 14.0 Å². The van der Waals surface area contributed by atoms with Crippen molar-refractivity contribution < 1.29 is 9.90 Å². The number of benzene rings is 1. The fourth-order valence-electron chi connectivity index (χ4n) is 2.34. The maximum Gasteiger partial charge on any atom is 0.313 e. The van der Waals surface area contributed by atoms with E-state index in [0.717, 1.165) is 29.6 Å². The second-order valence-corrected chi connectivity index (χ2v) is 6.11. The number of para-hydroxylation sites is 1. The standard InChI is InChI=1S/C16H17N5O2S/c1-3-20-9-8-12(19-20)15-17-18-16(24-10-14(22)23)21(15)13-7-5-4-6-11(13)2/h4-9H,3,10H2,1-2H3,(H,22,23). The van der Waals surface area contributed by atoms with Crippen molar-refractivity contribution >= 4 is 17.7 Å². The van der Waals surface area contributed by atoms with Crippen molar-refractivity contribution in [1.82, 2.24) is 24.5 Å². The number of rotatable bonds is 6. The lowest BCUT2D eigenvalue weighted by atomic mass is 10.2. The van der Waals surface area contributed by atoms with Gasteiger partial charge in [0, 0.05) is 12.7 Å². The van der Waals surface area contributed by atoms with E-state index in [4.69, 9.17) is 5.11 Å². The molecular weight excluding hydrogens is 326 g/mol. The van der Waals surface area contributed by atoms with Gasteiger partial charge in [-0.15, -0.1) is 10.2 Å². The van der Waals surface area contributed by atoms with E-state index in [9.17, 15) is 4.79 Å². The molecule has 0 radical (unpaired) electrons. The van der Waals surface area contributed by atoms with Crippen LogP contribution in [0, 0.1) is 6.92 Å². The fourth-order valence-corrected chi connectivity index (χ4v) is 3.01. The highest BCUT2D eigenvalue weighted by Crippen LogP contribution is 2.28. The van der Waals surface area contributed by atoms with Gasteiger partial charge < -0.3 is 5.11 Å². The van der Waals surface area contributed by atoms with Crippen LogP contribution in [0.1, 0.15) is 12.5 Å². The Balaban J connectivity index is 2.12. The maximum atomic E-state index is 10.9. The van der Waals surface area contributed by atoms with Crippen molar-refractivity contribution in [3.8, 4) is 17.2 Å². The molecule has 0 bridgehead atoms. The molecule has 0 saturated carbocycles. The number of aryl methyl sites for hydroxylation is 2. The molecule has 0 spiro atoms. The zero-order valence-corrected chi connectivity index (χ0v) is 14.2. The van der Waals surface area contributed by atoms with Gasteiger partial charge in [-0.1, -0.05) is 30.0 Å². The summed E-state index contributed by atoms with van der Waals surface area (Å²) in [7, 11) is 0. The lowest BCUT2D eigenvalue weighted by Gasteiger charge is -2.11. The SMILES string of the molecule is CCn1ccc(-c2nnc(SCC(=O)O)n2-c2ccccc2C)n1. The van der Waals surface area contributed by atoms with Crippen molar-refractivity contribution in [3.63, 3.8) is 0 Å². The van der Waals surface area contributed by atoms with E-state index >= 15 is 0 Å². The molecule has 2 heterocycles. The molecule has 1 N–H and O–H groups in total. The summed E-state index contributed by atoms with van der Waals surface area (Å²) in [5, 5.41) is 22.4. The summed E-state index contributed by atoms with van der Waals surface area (Å²) in [6.07, 6.45) is 1.89. The zero-order chi connectivity index (χ0) is 17.1. The summed E-state index contributed by atoms with van der Waals surface area (Å²) in [6, 6.07) is 9.73. The predicted molar refractivity (Wildman–Crippen MR) is 91.4 cm³/mol. The normalized spacial score (nSPS) is 10.9. The summed E-state index contributed by atoms with van der Waals surface area (Å²) in [6.45, 7) is 4.77. The molecule has 0 aliphatic rings. The van der Waals surface area contributed by atoms with Crippen molar-refractivity contribution in [3.05, 3.63) is 42.1 Å². The Morgan fingerprint density at radius 3 is 2.71 bits per heavy atom. The largest absolute Gasteiger partial charge is 0.481 e. The topological polar surface area (TPSA) is 85.8 Å². The smallest absolute Gasteiger partial charge is 0.313 e. The first kappa shape index (κ1) is 16.3. The van der Waals surface area contributed by atoms with Gasteiger partial charge in [0.2, 0.25) is 0 Å². The molecule has 0 aliphatic carbocycles. The zero-order valence-electron chi connectivity index (χ0n) is 13.4. The Kier molecular flexibility index (Phi) is 4.66. The molecule has 0 amide bonds. The quantitative estimate of drug-likeness (QED) is 0.693. The lowest BCUT2D eigenvalue weighted by Crippen LogP contribution is -2.05. The summed E-state index contributed by atoms with van der Waals surface area (Å²) < 4.78 is 3.68. The van der Waals surface area contributed by atoms with Crippen LogP contribution >= 0.6 is 11.8 Å². The number of carboxylic acid groups (broad SMARTS) is 1. The first-order chi connectivity index (χ1) is 11.6. The molecule has 24 heavy (non-hydrogen) atoms. The van der Waals surface area contributed by atoms with Gasteiger partial charge in [-0.05, 0) is 31.5 Å². The lowest BCUT2D eigenvalue weighted by molar-refractivity contribution is -0.133. The average molecular weight is 343 g/mol. The van der Waals surface area contributed by atoms with Gasteiger partial charge in [-0.2, -0.15) is 5.10 Å². The van der Waals surface area contributed by atoms with Gasteiger partial charge >= 0.3 is 5.97 Å². The number of nitrogens with zero attached hydrogens (tertiary/aromatic N) is 5. The Bertz CT molecular complexity index is 871. The summed E-state index contributed by atoms with van der Waals surface area (Å²) >= 11 is 1.14. The minimum absolute atomic E-state index is 0.0760. The van der Waals surface area contributed by atoms with E-state index in [1.807, 2.05) is 59.6 Å². The maximum absolute atomic E-state index is 10.9. The first-order valence-electron chi connectivity index (χ1n) is 7.50. The number of thioether (sulfide) groups is 1. The molecule has 0 unspecified atom stereocenters. The number of hydrogen-bond acceptors (Lipinski definition) is 5. The van der Waals surface area contributed by atoms with Crippen LogP contribution < -0.4 is 0 Å². The van der Waals surface area contributed by atoms with Crippen LogP contribution in [0.25, 0.3) is 17.2 Å². The molecule has 0 saturated heterocycles. The Labute approximate surface area is 143 Å². The molecular formula is C16H17N5O2S. The number of carbonyl (C=O) groups is 1. The molecule has 7 nitrogen and oxygen atoms in total. The van der Waals surface area contributed by atoms with E-state index in [0.29, 0.717) is 16.7 Å². The molecule has 3 aromatic rings. The number of aliphatic carboxylic acids is 1. The van der Waals surface area contributed by atoms with Gasteiger partial charge in [0.25, 0.3) is 0 Å². The molecule has 2 aromatic heterocycles. The molecule has 3 rings (SSSR count). The van der Waals surface area contributed by atoms with Crippen molar-refractivity contribution in [2.45, 2.75) is 25.5 Å². The van der Waals surface area contributed by atoms with Crippen molar-refractivity contribution in [2.24, 2.45) is 0 Å². The van der Waals surface area contributed by atoms with Crippen LogP contribution in [-0.2, 0) is 11.3 Å². The van der Waals surface area contributed by atoms with Crippen LogP contribution in [0.3, 0.4) is 0 Å². The predicted octanol–water partition coefficient (Wildman–Crippen LogP) is 2.64. The Morgan fingerprint density at radius 1 is 1.25 bits per heavy atom. The second kappa shape index (κ2) is 6.88. The van der Waals surface area contributed by atoms with E-state index in [1.165, 1.54) is 0 Å². The number of carboxylic acids is 1. The van der Waals surface area contributed by atoms with Gasteiger partial charge in [0.05, 0.1) is 11.4 Å². The highest BCUT2D eigenvalue weighted by Gasteiger charge is 2.19. The molecule has 8 heteroatoms. The van der Waals surface area contributed by atoms with Crippen LogP contribution in [0.15, 0.2) is 41.7 Å². The van der Waals surface area contributed by atoms with Crippen LogP contribution in [-0.4, -0.2) is 41.4 Å². The highest BCUT2D eigenvalue weighted by atomic mass is 32.2. The summed E-state index contributed by atoms with van der Waals surface area (Å²) in [5.74, 6) is -0.367. The molecule has 1 aromatic carbocycles. The third-order valence-electron chi connectivity index (χ3n) is 3.51. The Hall–Kier alpha value is -2.61. The first-order valence-corrected chi connectivity index (χ1v) is 8.48. The third kappa shape index (κ3) is 3.18. The number of hydrogen-bond donors (Lipinski definition) is 1. The minimum atomic E-state index is -0.892. The van der Waals surface area contributed by atoms with Gasteiger partial charge in [0.1, 0.15) is 5.69 Å². The molecule has 0 fully saturated rings. The van der Waals surface area contributed by atoms with Gasteiger partial charge in [0.15, 0.2) is 11.0 Å². The summed E-state index contributed by atoms with van der Waals surface area (Å²) in [4.78, 5) is 10.9. The fraction of sp³-hybridized carbons (Fsp3) is 0.250. The van der Waals surface area contributed by atoms with E-state index in [-0.39, 0.29) is 5.75 Å². The monoisotopic (exact) mass is 343 g/mol. The minimum Gasteiger partial charge on any atom is -0.481 e. The molecule has 0 aliphatic heterocycles.